The number of amides is 1. The number of halogens is 3. The number of carbonyl (C=O) groups excluding carboxylic acids is 1. The van der Waals surface area contributed by atoms with Gasteiger partial charge in [0.2, 0.25) is 0 Å². The first kappa shape index (κ1) is 24.4. The van der Waals surface area contributed by atoms with Crippen LogP contribution in [0.4, 0.5) is 5.69 Å². The molecule has 1 amide bonds. The van der Waals surface area contributed by atoms with E-state index in [2.05, 4.69) is 27.3 Å². The number of anilines is 1. The first-order valence-electron chi connectivity index (χ1n) is 9.62. The molecule has 164 valence electrons. The van der Waals surface area contributed by atoms with Crippen molar-refractivity contribution in [2.24, 2.45) is 0 Å². The van der Waals surface area contributed by atoms with E-state index in [0.29, 0.717) is 37.6 Å². The zero-order chi connectivity index (χ0) is 24.0. The maximum Gasteiger partial charge on any atom is 0.266 e. The van der Waals surface area contributed by atoms with Crippen LogP contribution < -0.4 is 10.1 Å². The number of nitrogens with one attached hydrogen (secondary N) is 1. The monoisotopic (exact) mass is 539 g/mol. The van der Waals surface area contributed by atoms with E-state index >= 15 is 0 Å². The molecule has 0 fully saturated rings. The molecule has 0 heterocycles. The molecular weight excluding hydrogens is 525 g/mol. The molecule has 3 rings (SSSR count). The van der Waals surface area contributed by atoms with E-state index in [1.165, 1.54) is 6.08 Å². The molecule has 0 aliphatic rings. The fraction of sp³-hybridized carbons (Fsp3) is 0.0800. The Morgan fingerprint density at radius 1 is 1.12 bits per heavy atom. The molecule has 3 aromatic carbocycles. The predicted octanol–water partition coefficient (Wildman–Crippen LogP) is 7.06. The molecule has 0 saturated carbocycles. The Bertz CT molecular complexity index is 1320. The Hall–Kier alpha value is -3.29. The lowest BCUT2D eigenvalue weighted by Gasteiger charge is -2.12. The lowest BCUT2D eigenvalue weighted by atomic mass is 10.1. The molecule has 1 N–H and O–H groups in total. The fourth-order valence-electron chi connectivity index (χ4n) is 2.95. The number of benzene rings is 3. The van der Waals surface area contributed by atoms with Crippen molar-refractivity contribution in [1.82, 2.24) is 0 Å². The van der Waals surface area contributed by atoms with Crippen LogP contribution in [0.2, 0.25) is 10.0 Å². The molecule has 0 radical (unpaired) electrons. The molecule has 0 atom stereocenters. The zero-order valence-electron chi connectivity index (χ0n) is 17.3. The lowest BCUT2D eigenvalue weighted by Crippen LogP contribution is -2.14. The maximum absolute atomic E-state index is 12.6. The number of hydrogen-bond donors (Lipinski definition) is 1. The fourth-order valence-corrected chi connectivity index (χ4v) is 4.12. The Balaban J connectivity index is 1.81. The van der Waals surface area contributed by atoms with Crippen molar-refractivity contribution in [2.75, 3.05) is 5.32 Å². The van der Waals surface area contributed by atoms with Crippen LogP contribution in [-0.2, 0) is 11.4 Å². The first-order chi connectivity index (χ1) is 15.8. The van der Waals surface area contributed by atoms with Gasteiger partial charge in [-0.05, 0) is 70.4 Å². The highest BCUT2D eigenvalue weighted by Crippen LogP contribution is 2.36. The summed E-state index contributed by atoms with van der Waals surface area (Å²) in [4.78, 5) is 12.6. The van der Waals surface area contributed by atoms with Crippen LogP contribution in [0.25, 0.3) is 6.08 Å². The number of rotatable bonds is 6. The van der Waals surface area contributed by atoms with Gasteiger partial charge < -0.3 is 10.1 Å². The molecular formula is C25H16BrCl2N3O2. The second kappa shape index (κ2) is 11.0. The van der Waals surface area contributed by atoms with Gasteiger partial charge in [-0.3, -0.25) is 4.79 Å². The van der Waals surface area contributed by atoms with E-state index in [-0.39, 0.29) is 17.2 Å². The van der Waals surface area contributed by atoms with E-state index in [9.17, 15) is 15.3 Å². The van der Waals surface area contributed by atoms with Gasteiger partial charge in [-0.25, -0.2) is 0 Å². The van der Waals surface area contributed by atoms with Gasteiger partial charge in [-0.1, -0.05) is 47.5 Å². The minimum Gasteiger partial charge on any atom is -0.486 e. The summed E-state index contributed by atoms with van der Waals surface area (Å²) in [6, 6.07) is 19.6. The smallest absolute Gasteiger partial charge is 0.266 e. The minimum atomic E-state index is -0.566. The summed E-state index contributed by atoms with van der Waals surface area (Å²) in [7, 11) is 0. The summed E-state index contributed by atoms with van der Waals surface area (Å²) in [6.07, 6.45) is 1.43. The SMILES string of the molecule is Cc1c(Cl)cccc1NC(=O)/C(C#N)=C\c1cc(Cl)c(OCc2ccccc2C#N)c(Br)c1. The van der Waals surface area contributed by atoms with Crippen molar-refractivity contribution in [2.45, 2.75) is 13.5 Å². The quantitative estimate of drug-likeness (QED) is 0.268. The van der Waals surface area contributed by atoms with E-state index in [1.807, 2.05) is 12.1 Å². The Morgan fingerprint density at radius 2 is 1.88 bits per heavy atom. The van der Waals surface area contributed by atoms with Gasteiger partial charge in [-0.15, -0.1) is 0 Å². The van der Waals surface area contributed by atoms with E-state index in [4.69, 9.17) is 27.9 Å². The highest BCUT2D eigenvalue weighted by molar-refractivity contribution is 9.10. The van der Waals surface area contributed by atoms with Crippen LogP contribution >= 0.6 is 39.1 Å². The zero-order valence-corrected chi connectivity index (χ0v) is 20.4. The molecule has 0 aromatic heterocycles. The van der Waals surface area contributed by atoms with E-state index in [1.54, 1.807) is 55.5 Å². The molecule has 33 heavy (non-hydrogen) atoms. The van der Waals surface area contributed by atoms with Gasteiger partial charge in [-0.2, -0.15) is 10.5 Å². The van der Waals surface area contributed by atoms with Gasteiger partial charge >= 0.3 is 0 Å². The van der Waals surface area contributed by atoms with E-state index in [0.717, 1.165) is 5.56 Å². The van der Waals surface area contributed by atoms with Gasteiger partial charge in [0.1, 0.15) is 18.2 Å². The van der Waals surface area contributed by atoms with E-state index < -0.39 is 5.91 Å². The Labute approximate surface area is 209 Å². The molecule has 0 spiro atoms. The summed E-state index contributed by atoms with van der Waals surface area (Å²) in [6.45, 7) is 1.93. The summed E-state index contributed by atoms with van der Waals surface area (Å²) >= 11 is 15.9. The normalized spacial score (nSPS) is 10.8. The summed E-state index contributed by atoms with van der Waals surface area (Å²) in [5, 5.41) is 22.2. The van der Waals surface area contributed by atoms with Gasteiger partial charge in [0.25, 0.3) is 5.91 Å². The van der Waals surface area contributed by atoms with Crippen molar-refractivity contribution < 1.29 is 9.53 Å². The van der Waals surface area contributed by atoms with Crippen molar-refractivity contribution in [1.29, 1.82) is 10.5 Å². The van der Waals surface area contributed by atoms with Gasteiger partial charge in [0.15, 0.2) is 5.75 Å². The number of nitrogens with zero attached hydrogens (tertiary/aromatic N) is 2. The molecule has 5 nitrogen and oxygen atoms in total. The van der Waals surface area contributed by atoms with Crippen LogP contribution in [0, 0.1) is 29.6 Å². The third-order valence-corrected chi connectivity index (χ3v) is 6.00. The molecule has 8 heteroatoms. The highest BCUT2D eigenvalue weighted by Gasteiger charge is 2.14. The number of carbonyl (C=O) groups is 1. The third-order valence-electron chi connectivity index (χ3n) is 4.72. The maximum atomic E-state index is 12.6. The first-order valence-corrected chi connectivity index (χ1v) is 11.2. The second-order valence-electron chi connectivity index (χ2n) is 6.91. The van der Waals surface area contributed by atoms with Crippen LogP contribution in [0.1, 0.15) is 22.3 Å². The Morgan fingerprint density at radius 3 is 2.58 bits per heavy atom. The van der Waals surface area contributed by atoms with Gasteiger partial charge in [0, 0.05) is 16.3 Å². The van der Waals surface area contributed by atoms with Gasteiger partial charge in [0.05, 0.1) is 21.1 Å². The lowest BCUT2D eigenvalue weighted by molar-refractivity contribution is -0.112. The molecule has 3 aromatic rings. The third kappa shape index (κ3) is 5.94. The summed E-state index contributed by atoms with van der Waals surface area (Å²) < 4.78 is 6.37. The van der Waals surface area contributed by atoms with Crippen molar-refractivity contribution in [3.05, 3.63) is 96.9 Å². The van der Waals surface area contributed by atoms with Crippen LogP contribution in [0.5, 0.6) is 5.75 Å². The van der Waals surface area contributed by atoms with Crippen LogP contribution in [0.15, 0.2) is 64.6 Å². The number of nitriles is 2. The predicted molar refractivity (Wildman–Crippen MR) is 133 cm³/mol. The number of hydrogen-bond acceptors (Lipinski definition) is 4. The summed E-state index contributed by atoms with van der Waals surface area (Å²) in [5.74, 6) is -0.178. The number of ether oxygens (including phenoxy) is 1. The highest BCUT2D eigenvalue weighted by atomic mass is 79.9. The average molecular weight is 541 g/mol. The molecule has 0 aliphatic heterocycles. The van der Waals surface area contributed by atoms with Crippen LogP contribution in [-0.4, -0.2) is 5.91 Å². The molecule has 0 aliphatic carbocycles. The van der Waals surface area contributed by atoms with Crippen molar-refractivity contribution >= 4 is 56.8 Å². The molecule has 0 bridgehead atoms. The largest absolute Gasteiger partial charge is 0.486 e. The summed E-state index contributed by atoms with van der Waals surface area (Å²) in [5.41, 5.74) is 2.90. The van der Waals surface area contributed by atoms with Crippen molar-refractivity contribution in [3.63, 3.8) is 0 Å². The molecule has 0 unspecified atom stereocenters. The second-order valence-corrected chi connectivity index (χ2v) is 8.58. The standard InChI is InChI=1S/C25H16BrCl2N3O2/c1-15-21(27)7-4-8-23(15)31-25(32)19(13-30)9-16-10-20(26)24(22(28)11-16)33-14-18-6-3-2-5-17(18)12-29/h2-11H,14H2,1H3,(H,31,32)/b19-9-. The molecule has 0 saturated heterocycles. The topological polar surface area (TPSA) is 85.9 Å². The van der Waals surface area contributed by atoms with Crippen LogP contribution in [0.3, 0.4) is 0 Å². The minimum absolute atomic E-state index is 0.103. The van der Waals surface area contributed by atoms with Crippen molar-refractivity contribution in [3.8, 4) is 17.9 Å². The average Bonchev–Trinajstić information content (AvgIpc) is 2.80. The Kier molecular flexibility index (Phi) is 8.14.